The average Bonchev–Trinajstić information content (AvgIpc) is 3.12. The van der Waals surface area contributed by atoms with E-state index in [1.54, 1.807) is 18.3 Å². The van der Waals surface area contributed by atoms with Gasteiger partial charge in [0.15, 0.2) is 0 Å². The van der Waals surface area contributed by atoms with Crippen LogP contribution in [-0.4, -0.2) is 11.2 Å². The molecule has 1 aromatic heterocycles. The van der Waals surface area contributed by atoms with Crippen molar-refractivity contribution in [2.45, 2.75) is 0 Å². The molecule has 0 bridgehead atoms. The van der Waals surface area contributed by atoms with E-state index in [9.17, 15) is 0 Å². The van der Waals surface area contributed by atoms with Crippen LogP contribution in [-0.2, 0) is 0 Å². The summed E-state index contributed by atoms with van der Waals surface area (Å²) in [4.78, 5) is 4.59. The van der Waals surface area contributed by atoms with E-state index in [0.29, 0.717) is 10.0 Å². The lowest BCUT2D eigenvalue weighted by Crippen LogP contribution is -1.91. The van der Waals surface area contributed by atoms with Crippen LogP contribution in [0.15, 0.2) is 71.1 Å². The number of anilines is 1. The molecule has 6 heteroatoms. The number of nitrogens with zero attached hydrogens (tertiary/aromatic N) is 2. The van der Waals surface area contributed by atoms with Gasteiger partial charge in [0.2, 0.25) is 5.13 Å². The fourth-order valence-corrected chi connectivity index (χ4v) is 3.70. The van der Waals surface area contributed by atoms with Crippen molar-refractivity contribution >= 4 is 56.7 Å². The van der Waals surface area contributed by atoms with Crippen molar-refractivity contribution < 1.29 is 0 Å². The Bertz CT molecular complexity index is 1110. The normalized spacial score (nSPS) is 11.3. The van der Waals surface area contributed by atoms with Crippen molar-refractivity contribution in [2.24, 2.45) is 5.10 Å². The zero-order valence-electron chi connectivity index (χ0n) is 13.5. The van der Waals surface area contributed by atoms with E-state index < -0.39 is 0 Å². The molecule has 0 amide bonds. The number of nitrogens with one attached hydrogen (secondary N) is 1. The summed E-state index contributed by atoms with van der Waals surface area (Å²) in [5.74, 6) is 0. The predicted molar refractivity (Wildman–Crippen MR) is 113 cm³/mol. The summed E-state index contributed by atoms with van der Waals surface area (Å²) in [6, 6.07) is 19.9. The minimum absolute atomic E-state index is 0.555. The van der Waals surface area contributed by atoms with E-state index in [1.165, 1.54) is 22.1 Å². The molecule has 4 aromatic rings. The maximum atomic E-state index is 6.13. The Morgan fingerprint density at radius 2 is 1.81 bits per heavy atom. The van der Waals surface area contributed by atoms with Crippen LogP contribution in [0.1, 0.15) is 5.56 Å². The summed E-state index contributed by atoms with van der Waals surface area (Å²) in [6.07, 6.45) is 1.65. The fraction of sp³-hybridized carbons (Fsp3) is 0. The van der Waals surface area contributed by atoms with E-state index in [2.05, 4.69) is 45.8 Å². The van der Waals surface area contributed by atoms with Gasteiger partial charge in [0.1, 0.15) is 0 Å². The smallest absolute Gasteiger partial charge is 0.203 e. The summed E-state index contributed by atoms with van der Waals surface area (Å²) in [6.45, 7) is 0. The van der Waals surface area contributed by atoms with Crippen LogP contribution in [0.5, 0.6) is 0 Å². The Morgan fingerprint density at radius 1 is 0.962 bits per heavy atom. The van der Waals surface area contributed by atoms with Crippen molar-refractivity contribution in [2.75, 3.05) is 5.43 Å². The highest BCUT2D eigenvalue weighted by Gasteiger charge is 2.05. The van der Waals surface area contributed by atoms with Crippen LogP contribution >= 0.6 is 34.5 Å². The Balaban J connectivity index is 1.51. The van der Waals surface area contributed by atoms with Gasteiger partial charge >= 0.3 is 0 Å². The summed E-state index contributed by atoms with van der Waals surface area (Å²) >= 11 is 13.5. The van der Waals surface area contributed by atoms with Crippen molar-refractivity contribution in [1.82, 2.24) is 4.98 Å². The number of benzene rings is 3. The molecule has 0 saturated heterocycles. The molecule has 26 heavy (non-hydrogen) atoms. The molecule has 0 unspecified atom stereocenters. The number of aromatic nitrogens is 1. The second-order valence-corrected chi connectivity index (χ2v) is 7.34. The molecular weight excluding hydrogens is 385 g/mol. The third kappa shape index (κ3) is 3.73. The first-order chi connectivity index (χ1) is 12.7. The van der Waals surface area contributed by atoms with Gasteiger partial charge in [-0.25, -0.2) is 4.98 Å². The second-order valence-electron chi connectivity index (χ2n) is 5.64. The SMILES string of the molecule is Clc1ccc(/C=N\Nc2nc(-c3ccc4ccccc4c3)cs2)c(Cl)c1. The summed E-state index contributed by atoms with van der Waals surface area (Å²) < 4.78 is 0. The van der Waals surface area contributed by atoms with Crippen LogP contribution in [0.25, 0.3) is 22.0 Å². The Labute approximate surface area is 164 Å². The highest BCUT2D eigenvalue weighted by molar-refractivity contribution is 7.14. The van der Waals surface area contributed by atoms with Gasteiger partial charge in [-0.2, -0.15) is 5.10 Å². The molecule has 0 aliphatic rings. The molecule has 0 radical (unpaired) electrons. The lowest BCUT2D eigenvalue weighted by Gasteiger charge is -2.01. The van der Waals surface area contributed by atoms with Gasteiger partial charge in [-0.05, 0) is 29.0 Å². The monoisotopic (exact) mass is 397 g/mol. The quantitative estimate of drug-likeness (QED) is 0.306. The zero-order valence-corrected chi connectivity index (χ0v) is 15.8. The Hall–Kier alpha value is -2.40. The van der Waals surface area contributed by atoms with E-state index in [-0.39, 0.29) is 0 Å². The van der Waals surface area contributed by atoms with Gasteiger partial charge < -0.3 is 0 Å². The van der Waals surface area contributed by atoms with Gasteiger partial charge in [0.25, 0.3) is 0 Å². The first-order valence-electron chi connectivity index (χ1n) is 7.88. The minimum atomic E-state index is 0.555. The number of fused-ring (bicyclic) bond motifs is 1. The number of hydrogen-bond donors (Lipinski definition) is 1. The number of hydrazone groups is 1. The molecule has 0 aliphatic carbocycles. The molecule has 3 aromatic carbocycles. The molecule has 0 saturated carbocycles. The summed E-state index contributed by atoms with van der Waals surface area (Å²) in [5, 5.41) is 10.5. The third-order valence-electron chi connectivity index (χ3n) is 3.88. The molecule has 1 N–H and O–H groups in total. The van der Waals surface area contributed by atoms with Crippen LogP contribution in [0.4, 0.5) is 5.13 Å². The van der Waals surface area contributed by atoms with E-state index in [1.807, 2.05) is 23.6 Å². The zero-order chi connectivity index (χ0) is 17.9. The molecule has 4 rings (SSSR count). The topological polar surface area (TPSA) is 37.3 Å². The first-order valence-corrected chi connectivity index (χ1v) is 9.51. The van der Waals surface area contributed by atoms with Gasteiger partial charge in [-0.3, -0.25) is 5.43 Å². The van der Waals surface area contributed by atoms with E-state index in [0.717, 1.165) is 22.0 Å². The van der Waals surface area contributed by atoms with E-state index >= 15 is 0 Å². The van der Waals surface area contributed by atoms with Gasteiger partial charge in [0.05, 0.1) is 16.9 Å². The standard InChI is InChI=1S/C20H13Cl2N3S/c21-17-8-7-16(18(22)10-17)11-23-25-20-24-19(12-26-20)15-6-5-13-3-1-2-4-14(13)9-15/h1-12H,(H,24,25)/b23-11-. The van der Waals surface area contributed by atoms with E-state index in [4.69, 9.17) is 23.2 Å². The van der Waals surface area contributed by atoms with Crippen LogP contribution < -0.4 is 5.43 Å². The highest BCUT2D eigenvalue weighted by atomic mass is 35.5. The Kier molecular flexibility index (Phi) is 4.89. The molecular formula is C20H13Cl2N3S. The number of thiazole rings is 1. The number of halogens is 2. The van der Waals surface area contributed by atoms with Crippen LogP contribution in [0.3, 0.4) is 0 Å². The molecule has 0 aliphatic heterocycles. The van der Waals surface area contributed by atoms with Crippen molar-refractivity contribution in [3.05, 3.63) is 81.7 Å². The third-order valence-corrected chi connectivity index (χ3v) is 5.19. The number of rotatable bonds is 4. The highest BCUT2D eigenvalue weighted by Crippen LogP contribution is 2.28. The van der Waals surface area contributed by atoms with Crippen LogP contribution in [0.2, 0.25) is 10.0 Å². The largest absolute Gasteiger partial charge is 0.253 e. The number of hydrogen-bond acceptors (Lipinski definition) is 4. The maximum Gasteiger partial charge on any atom is 0.203 e. The lowest BCUT2D eigenvalue weighted by molar-refractivity contribution is 1.29. The molecule has 3 nitrogen and oxygen atoms in total. The van der Waals surface area contributed by atoms with Crippen molar-refractivity contribution in [3.8, 4) is 11.3 Å². The molecule has 1 heterocycles. The molecule has 128 valence electrons. The molecule has 0 atom stereocenters. The van der Waals surface area contributed by atoms with Crippen LogP contribution in [0, 0.1) is 0 Å². The van der Waals surface area contributed by atoms with Crippen molar-refractivity contribution in [1.29, 1.82) is 0 Å². The lowest BCUT2D eigenvalue weighted by atomic mass is 10.1. The van der Waals surface area contributed by atoms with Gasteiger partial charge in [0, 0.05) is 21.5 Å². The second kappa shape index (κ2) is 7.46. The molecule has 0 fully saturated rings. The average molecular weight is 398 g/mol. The first kappa shape index (κ1) is 17.0. The maximum absolute atomic E-state index is 6.13. The van der Waals surface area contributed by atoms with Gasteiger partial charge in [-0.1, -0.05) is 65.7 Å². The fourth-order valence-electron chi connectivity index (χ4n) is 2.57. The molecule has 0 spiro atoms. The Morgan fingerprint density at radius 3 is 2.65 bits per heavy atom. The summed E-state index contributed by atoms with van der Waals surface area (Å²) in [5.41, 5.74) is 5.74. The van der Waals surface area contributed by atoms with Gasteiger partial charge in [-0.15, -0.1) is 11.3 Å². The predicted octanol–water partition coefficient (Wildman–Crippen LogP) is 6.72. The minimum Gasteiger partial charge on any atom is -0.253 e. The van der Waals surface area contributed by atoms with Crippen molar-refractivity contribution in [3.63, 3.8) is 0 Å². The summed E-state index contributed by atoms with van der Waals surface area (Å²) in [7, 11) is 0.